The molecule has 0 unspecified atom stereocenters. The van der Waals surface area contributed by atoms with Gasteiger partial charge in [0.1, 0.15) is 11.5 Å². The summed E-state index contributed by atoms with van der Waals surface area (Å²) < 4.78 is 15.8. The Bertz CT molecular complexity index is 1050. The fraction of sp³-hybridized carbons (Fsp3) is 0.286. The topological polar surface area (TPSA) is 89.7 Å². The number of amides is 1. The van der Waals surface area contributed by atoms with Crippen molar-refractivity contribution in [3.8, 4) is 11.5 Å². The van der Waals surface area contributed by atoms with Crippen LogP contribution in [0.2, 0.25) is 0 Å². The van der Waals surface area contributed by atoms with Crippen molar-refractivity contribution in [1.29, 1.82) is 0 Å². The van der Waals surface area contributed by atoms with Gasteiger partial charge >= 0.3 is 0 Å². The molecule has 3 aromatic rings. The van der Waals surface area contributed by atoms with Gasteiger partial charge in [-0.15, -0.1) is 0 Å². The summed E-state index contributed by atoms with van der Waals surface area (Å²) in [5.74, 6) is 2.12. The van der Waals surface area contributed by atoms with Crippen LogP contribution in [0.25, 0.3) is 0 Å². The minimum absolute atomic E-state index is 0.321. The molecule has 1 amide bonds. The number of benzene rings is 1. The lowest BCUT2D eigenvalue weighted by molar-refractivity contribution is 0.102. The van der Waals surface area contributed by atoms with Gasteiger partial charge in [0, 0.05) is 31.0 Å². The van der Waals surface area contributed by atoms with E-state index >= 15 is 0 Å². The number of aryl methyl sites for hydroxylation is 1. The van der Waals surface area contributed by atoms with Crippen molar-refractivity contribution in [2.75, 3.05) is 31.0 Å². The van der Waals surface area contributed by atoms with Gasteiger partial charge in [-0.05, 0) is 48.7 Å². The number of rotatable bonds is 5. The van der Waals surface area contributed by atoms with E-state index in [1.807, 2.05) is 18.2 Å². The summed E-state index contributed by atoms with van der Waals surface area (Å²) in [7, 11) is 3.28. The molecular formula is C21H22N4O4. The van der Waals surface area contributed by atoms with Crippen molar-refractivity contribution in [2.24, 2.45) is 0 Å². The predicted octanol–water partition coefficient (Wildman–Crippen LogP) is 3.21. The van der Waals surface area contributed by atoms with Crippen LogP contribution >= 0.6 is 0 Å². The fourth-order valence-corrected chi connectivity index (χ4v) is 3.45. The third-order valence-corrected chi connectivity index (χ3v) is 4.93. The number of nitrogens with zero attached hydrogens (tertiary/aromatic N) is 3. The van der Waals surface area contributed by atoms with Gasteiger partial charge < -0.3 is 24.2 Å². The van der Waals surface area contributed by atoms with Crippen LogP contribution in [0.1, 0.15) is 27.4 Å². The van der Waals surface area contributed by atoms with Crippen molar-refractivity contribution in [1.82, 2.24) is 10.1 Å². The Kier molecular flexibility index (Phi) is 5.07. The van der Waals surface area contributed by atoms with E-state index in [1.165, 1.54) is 11.1 Å². The van der Waals surface area contributed by atoms with Gasteiger partial charge in [-0.1, -0.05) is 5.16 Å². The molecule has 4 rings (SSSR count). The number of ether oxygens (including phenoxy) is 2. The molecule has 0 radical (unpaired) electrons. The number of carbonyl (C=O) groups is 1. The SMILES string of the molecule is COc1cc2c(cc1OC)CN(c1ccnc(C(=O)Nc3cc(C)on3)c1)CC2. The van der Waals surface area contributed by atoms with Crippen molar-refractivity contribution < 1.29 is 18.8 Å². The number of pyridine rings is 1. The maximum atomic E-state index is 12.5. The number of carbonyl (C=O) groups excluding carboxylic acids is 1. The molecule has 1 aliphatic heterocycles. The zero-order valence-electron chi connectivity index (χ0n) is 16.6. The second kappa shape index (κ2) is 7.83. The number of hydrogen-bond acceptors (Lipinski definition) is 7. The maximum Gasteiger partial charge on any atom is 0.275 e. The third kappa shape index (κ3) is 3.87. The van der Waals surface area contributed by atoms with Crippen LogP contribution < -0.4 is 19.7 Å². The summed E-state index contributed by atoms with van der Waals surface area (Å²) >= 11 is 0. The molecule has 0 bridgehead atoms. The Hall–Kier alpha value is -3.55. The van der Waals surface area contributed by atoms with Crippen LogP contribution in [0.4, 0.5) is 11.5 Å². The summed E-state index contributed by atoms with van der Waals surface area (Å²) in [5, 5.41) is 6.48. The largest absolute Gasteiger partial charge is 0.493 e. The van der Waals surface area contributed by atoms with E-state index in [1.54, 1.807) is 39.5 Å². The first-order valence-corrected chi connectivity index (χ1v) is 9.27. The Morgan fingerprint density at radius 1 is 1.14 bits per heavy atom. The average molecular weight is 394 g/mol. The van der Waals surface area contributed by atoms with Gasteiger partial charge in [0.15, 0.2) is 17.3 Å². The highest BCUT2D eigenvalue weighted by Crippen LogP contribution is 2.34. The molecule has 29 heavy (non-hydrogen) atoms. The number of hydrogen-bond donors (Lipinski definition) is 1. The van der Waals surface area contributed by atoms with Crippen LogP contribution in [0.15, 0.2) is 41.1 Å². The zero-order chi connectivity index (χ0) is 20.4. The van der Waals surface area contributed by atoms with Crippen LogP contribution in [0, 0.1) is 6.92 Å². The number of methoxy groups -OCH3 is 2. The van der Waals surface area contributed by atoms with Crippen LogP contribution in [0.3, 0.4) is 0 Å². The number of anilines is 2. The van der Waals surface area contributed by atoms with Crippen molar-refractivity contribution >= 4 is 17.4 Å². The number of nitrogens with one attached hydrogen (secondary N) is 1. The highest BCUT2D eigenvalue weighted by molar-refractivity contribution is 6.02. The molecule has 0 saturated heterocycles. The smallest absolute Gasteiger partial charge is 0.275 e. The van der Waals surface area contributed by atoms with E-state index in [0.29, 0.717) is 29.6 Å². The van der Waals surface area contributed by atoms with E-state index < -0.39 is 0 Å². The average Bonchev–Trinajstić information content (AvgIpc) is 3.16. The molecule has 150 valence electrons. The van der Waals surface area contributed by atoms with Crippen molar-refractivity contribution in [2.45, 2.75) is 19.9 Å². The summed E-state index contributed by atoms with van der Waals surface area (Å²) in [6.07, 6.45) is 2.51. The van der Waals surface area contributed by atoms with E-state index in [-0.39, 0.29) is 5.91 Å². The summed E-state index contributed by atoms with van der Waals surface area (Å²) in [4.78, 5) is 18.9. The molecule has 3 heterocycles. The normalized spacial score (nSPS) is 13.0. The molecule has 0 aliphatic carbocycles. The summed E-state index contributed by atoms with van der Waals surface area (Å²) in [6.45, 7) is 3.31. The molecular weight excluding hydrogens is 372 g/mol. The molecule has 0 saturated carbocycles. The van der Waals surface area contributed by atoms with E-state index in [0.717, 1.165) is 24.4 Å². The van der Waals surface area contributed by atoms with Crippen molar-refractivity contribution in [3.05, 3.63) is 59.1 Å². The summed E-state index contributed by atoms with van der Waals surface area (Å²) in [5.41, 5.74) is 3.67. The molecule has 0 atom stereocenters. The number of aromatic nitrogens is 2. The fourth-order valence-electron chi connectivity index (χ4n) is 3.45. The van der Waals surface area contributed by atoms with Crippen LogP contribution in [0.5, 0.6) is 11.5 Å². The van der Waals surface area contributed by atoms with Crippen molar-refractivity contribution in [3.63, 3.8) is 0 Å². The Morgan fingerprint density at radius 2 is 1.90 bits per heavy atom. The standard InChI is InChI=1S/C21H22N4O4/c1-13-8-20(24-29-13)23-21(26)17-11-16(4-6-22-17)25-7-5-14-9-18(27-2)19(28-3)10-15(14)12-25/h4,6,8-11H,5,7,12H2,1-3H3,(H,23,24,26). The molecule has 1 aliphatic rings. The minimum atomic E-state index is -0.330. The lowest BCUT2D eigenvalue weighted by Gasteiger charge is -2.31. The summed E-state index contributed by atoms with van der Waals surface area (Å²) in [6, 6.07) is 9.40. The molecule has 8 nitrogen and oxygen atoms in total. The molecule has 0 spiro atoms. The lowest BCUT2D eigenvalue weighted by atomic mass is 9.98. The van der Waals surface area contributed by atoms with Gasteiger partial charge in [0.2, 0.25) is 0 Å². The molecule has 1 N–H and O–H groups in total. The zero-order valence-corrected chi connectivity index (χ0v) is 16.6. The highest BCUT2D eigenvalue weighted by Gasteiger charge is 2.21. The third-order valence-electron chi connectivity index (χ3n) is 4.93. The van der Waals surface area contributed by atoms with Gasteiger partial charge in [-0.2, -0.15) is 0 Å². The second-order valence-corrected chi connectivity index (χ2v) is 6.82. The molecule has 0 fully saturated rings. The monoisotopic (exact) mass is 394 g/mol. The molecule has 1 aromatic carbocycles. The van der Waals surface area contributed by atoms with E-state index in [9.17, 15) is 4.79 Å². The Labute approximate surface area is 168 Å². The first-order valence-electron chi connectivity index (χ1n) is 9.27. The lowest BCUT2D eigenvalue weighted by Crippen LogP contribution is -2.30. The van der Waals surface area contributed by atoms with E-state index in [4.69, 9.17) is 14.0 Å². The minimum Gasteiger partial charge on any atom is -0.493 e. The van der Waals surface area contributed by atoms with Gasteiger partial charge in [-0.25, -0.2) is 0 Å². The maximum absolute atomic E-state index is 12.5. The van der Waals surface area contributed by atoms with Gasteiger partial charge in [0.25, 0.3) is 5.91 Å². The van der Waals surface area contributed by atoms with Crippen LogP contribution in [-0.2, 0) is 13.0 Å². The quantitative estimate of drug-likeness (QED) is 0.711. The van der Waals surface area contributed by atoms with Crippen LogP contribution in [-0.4, -0.2) is 36.8 Å². The second-order valence-electron chi connectivity index (χ2n) is 6.82. The van der Waals surface area contributed by atoms with Gasteiger partial charge in [-0.3, -0.25) is 9.78 Å². The Balaban J connectivity index is 1.54. The predicted molar refractivity (Wildman–Crippen MR) is 108 cm³/mol. The number of fused-ring (bicyclic) bond motifs is 1. The molecule has 2 aromatic heterocycles. The highest BCUT2D eigenvalue weighted by atomic mass is 16.5. The first kappa shape index (κ1) is 18.8. The molecule has 8 heteroatoms. The first-order chi connectivity index (χ1) is 14.1. The van der Waals surface area contributed by atoms with Gasteiger partial charge in [0.05, 0.1) is 14.2 Å². The van der Waals surface area contributed by atoms with E-state index in [2.05, 4.69) is 20.4 Å². The Morgan fingerprint density at radius 3 is 2.59 bits per heavy atom.